The van der Waals surface area contributed by atoms with Crippen molar-refractivity contribution in [3.05, 3.63) is 68.4 Å². The zero-order valence-electron chi connectivity index (χ0n) is 27.1. The Balaban J connectivity index is 0.000000236. The van der Waals surface area contributed by atoms with Gasteiger partial charge in [0.15, 0.2) is 11.6 Å². The number of ketones is 2. The number of ether oxygens (including phenoxy) is 2. The van der Waals surface area contributed by atoms with Crippen molar-refractivity contribution < 1.29 is 19.1 Å². The fourth-order valence-electron chi connectivity index (χ4n) is 4.68. The topological polar surface area (TPSA) is 62.5 Å². The van der Waals surface area contributed by atoms with Crippen LogP contribution >= 0.6 is 31.9 Å². The molecule has 0 fully saturated rings. The van der Waals surface area contributed by atoms with Crippen LogP contribution in [0.25, 0.3) is 21.8 Å². The van der Waals surface area contributed by atoms with Gasteiger partial charge in [0.05, 0.1) is 11.0 Å². The molecule has 0 saturated heterocycles. The molecule has 6 nitrogen and oxygen atoms in total. The van der Waals surface area contributed by atoms with Crippen LogP contribution in [0.2, 0.25) is 51.4 Å². The molecule has 0 N–H and O–H groups in total. The fourth-order valence-corrected chi connectivity index (χ4v) is 7.08. The molecule has 2 aromatic carbocycles. The Kier molecular flexibility index (Phi) is 12.4. The number of hydrogen-bond acceptors (Lipinski definition) is 4. The Morgan fingerprint density at radius 1 is 0.721 bits per heavy atom. The van der Waals surface area contributed by atoms with Crippen LogP contribution in [0, 0.1) is 6.92 Å². The Morgan fingerprint density at radius 2 is 1.21 bits per heavy atom. The van der Waals surface area contributed by atoms with E-state index in [1.807, 2.05) is 41.1 Å². The molecule has 2 heterocycles. The minimum atomic E-state index is -1.08. The van der Waals surface area contributed by atoms with E-state index in [0.717, 1.165) is 72.9 Å². The molecule has 0 unspecified atom stereocenters. The molecule has 0 aliphatic heterocycles. The molecule has 0 saturated carbocycles. The van der Waals surface area contributed by atoms with E-state index in [4.69, 9.17) is 9.47 Å². The van der Waals surface area contributed by atoms with Crippen molar-refractivity contribution in [2.45, 2.75) is 85.6 Å². The number of Topliss-reactive ketones (excluding diaryl/α,β-unsaturated/α-hetero) is 2. The van der Waals surface area contributed by atoms with E-state index in [0.29, 0.717) is 13.5 Å². The zero-order chi connectivity index (χ0) is 32.1. The second-order valence-corrected chi connectivity index (χ2v) is 26.5. The number of fused-ring (bicyclic) bond motifs is 2. The van der Waals surface area contributed by atoms with Crippen LogP contribution in [-0.2, 0) is 22.9 Å². The summed E-state index contributed by atoms with van der Waals surface area (Å²) in [7, 11) is -2.15. The fraction of sp³-hybridized carbons (Fsp3) is 0.455. The van der Waals surface area contributed by atoms with Crippen molar-refractivity contribution in [2.75, 3.05) is 13.2 Å². The van der Waals surface area contributed by atoms with Crippen LogP contribution < -0.4 is 0 Å². The molecule has 0 amide bonds. The lowest BCUT2D eigenvalue weighted by Gasteiger charge is -2.17. The van der Waals surface area contributed by atoms with Crippen LogP contribution in [-0.4, -0.2) is 50.1 Å². The molecule has 0 bridgehead atoms. The van der Waals surface area contributed by atoms with E-state index >= 15 is 0 Å². The van der Waals surface area contributed by atoms with Crippen LogP contribution in [0.1, 0.15) is 40.3 Å². The number of carbonyl (C=O) groups is 2. The van der Waals surface area contributed by atoms with Crippen molar-refractivity contribution in [3.8, 4) is 0 Å². The quantitative estimate of drug-likeness (QED) is 0.0822. The van der Waals surface area contributed by atoms with E-state index in [9.17, 15) is 9.59 Å². The Bertz CT molecular complexity index is 1600. The van der Waals surface area contributed by atoms with Gasteiger partial charge in [-0.15, -0.1) is 0 Å². The summed E-state index contributed by atoms with van der Waals surface area (Å²) in [6.45, 7) is 21.9. The van der Waals surface area contributed by atoms with Gasteiger partial charge in [0.1, 0.15) is 13.5 Å². The number of halogens is 2. The molecule has 0 aliphatic carbocycles. The number of aryl methyl sites for hydroxylation is 1. The van der Waals surface area contributed by atoms with E-state index < -0.39 is 16.1 Å². The molecule has 234 valence electrons. The molecular formula is C33H46Br2N2O4Si2. The van der Waals surface area contributed by atoms with Gasteiger partial charge in [-0.1, -0.05) is 71.1 Å². The first-order valence-electron chi connectivity index (χ1n) is 14.7. The van der Waals surface area contributed by atoms with E-state index in [1.54, 1.807) is 13.8 Å². The van der Waals surface area contributed by atoms with Gasteiger partial charge in [0.25, 0.3) is 0 Å². The van der Waals surface area contributed by atoms with Crippen LogP contribution in [0.4, 0.5) is 0 Å². The molecule has 0 radical (unpaired) electrons. The summed E-state index contributed by atoms with van der Waals surface area (Å²) in [4.78, 5) is 23.7. The molecule has 4 aromatic rings. The average Bonchev–Trinajstić information content (AvgIpc) is 3.46. The number of hydrogen-bond donors (Lipinski definition) is 0. The maximum atomic E-state index is 11.9. The van der Waals surface area contributed by atoms with Gasteiger partial charge in [-0.3, -0.25) is 9.59 Å². The molecule has 4 rings (SSSR count). The number of carbonyl (C=O) groups excluding carboxylic acids is 2. The second kappa shape index (κ2) is 15.0. The van der Waals surface area contributed by atoms with Crippen LogP contribution in [0.15, 0.2) is 51.5 Å². The summed E-state index contributed by atoms with van der Waals surface area (Å²) in [6.07, 6.45) is 1.98. The summed E-state index contributed by atoms with van der Waals surface area (Å²) in [5, 5.41) is 2.12. The number of nitrogens with zero attached hydrogens (tertiary/aromatic N) is 2. The molecular weight excluding hydrogens is 704 g/mol. The third-order valence-electron chi connectivity index (χ3n) is 7.29. The van der Waals surface area contributed by atoms with Gasteiger partial charge in [0, 0.05) is 72.1 Å². The van der Waals surface area contributed by atoms with Gasteiger partial charge in [-0.2, -0.15) is 0 Å². The zero-order valence-corrected chi connectivity index (χ0v) is 32.2. The second-order valence-electron chi connectivity index (χ2n) is 13.5. The minimum Gasteiger partial charge on any atom is -0.361 e. The minimum absolute atomic E-state index is 0.0783. The third-order valence-corrected chi connectivity index (χ3v) is 12.1. The molecule has 43 heavy (non-hydrogen) atoms. The monoisotopic (exact) mass is 748 g/mol. The SMILES string of the molecule is CC(=O)c1ccc(Br)c2cc(C)n(COCC[Si](C)(C)C)c12.CC(=O)c1ccc(Br)c2ccn(COCC[Si](C)(C)C)c12. The van der Waals surface area contributed by atoms with E-state index in [1.165, 1.54) is 0 Å². The van der Waals surface area contributed by atoms with Crippen molar-refractivity contribution in [1.29, 1.82) is 0 Å². The van der Waals surface area contributed by atoms with Crippen molar-refractivity contribution in [2.24, 2.45) is 0 Å². The molecule has 0 aliphatic rings. The van der Waals surface area contributed by atoms with Gasteiger partial charge >= 0.3 is 0 Å². The first kappa shape index (κ1) is 35.7. The number of rotatable bonds is 12. The highest BCUT2D eigenvalue weighted by atomic mass is 79.9. The maximum absolute atomic E-state index is 11.9. The normalized spacial score (nSPS) is 12.1. The van der Waals surface area contributed by atoms with Crippen molar-refractivity contribution in [1.82, 2.24) is 9.13 Å². The average molecular weight is 751 g/mol. The van der Waals surface area contributed by atoms with Crippen LogP contribution in [0.3, 0.4) is 0 Å². The number of aromatic nitrogens is 2. The maximum Gasteiger partial charge on any atom is 0.161 e. The van der Waals surface area contributed by atoms with E-state index in [2.05, 4.69) is 88.7 Å². The highest BCUT2D eigenvalue weighted by Gasteiger charge is 2.17. The number of benzene rings is 2. The summed E-state index contributed by atoms with van der Waals surface area (Å²) >= 11 is 7.12. The van der Waals surface area contributed by atoms with Crippen molar-refractivity contribution >= 4 is 81.4 Å². The Labute approximate surface area is 275 Å². The first-order valence-corrected chi connectivity index (χ1v) is 23.7. The van der Waals surface area contributed by atoms with Crippen LogP contribution in [0.5, 0.6) is 0 Å². The Morgan fingerprint density at radius 3 is 1.72 bits per heavy atom. The summed E-state index contributed by atoms with van der Waals surface area (Å²) in [5.74, 6) is 0.161. The summed E-state index contributed by atoms with van der Waals surface area (Å²) < 4.78 is 17.8. The molecule has 0 spiro atoms. The standard InChI is InChI=1S/C17H24BrNO2Si.C16H22BrNO2Si/c1-12-10-15-16(18)7-6-14(13(2)20)17(15)19(12)11-21-8-9-22(3,4)5;1-12(19)13-5-6-15(17)14-7-8-18(16(13)14)11-20-9-10-21(2,3)4/h6-7,10H,8-9,11H2,1-5H3;5-8H,9-11H2,1-4H3. The smallest absolute Gasteiger partial charge is 0.161 e. The molecule has 0 atom stereocenters. The first-order chi connectivity index (χ1) is 20.0. The predicted octanol–water partition coefficient (Wildman–Crippen LogP) is 10.1. The van der Waals surface area contributed by atoms with Crippen molar-refractivity contribution in [3.63, 3.8) is 0 Å². The highest BCUT2D eigenvalue weighted by molar-refractivity contribution is 9.11. The highest BCUT2D eigenvalue weighted by Crippen LogP contribution is 2.31. The third kappa shape index (κ3) is 9.83. The van der Waals surface area contributed by atoms with E-state index in [-0.39, 0.29) is 11.6 Å². The lowest BCUT2D eigenvalue weighted by molar-refractivity contribution is 0.0887. The molecule has 2 aromatic heterocycles. The van der Waals surface area contributed by atoms with Gasteiger partial charge < -0.3 is 18.6 Å². The van der Waals surface area contributed by atoms with Gasteiger partial charge in [-0.05, 0) is 69.3 Å². The largest absolute Gasteiger partial charge is 0.361 e. The predicted molar refractivity (Wildman–Crippen MR) is 192 cm³/mol. The van der Waals surface area contributed by atoms with Gasteiger partial charge in [0.2, 0.25) is 0 Å². The summed E-state index contributed by atoms with van der Waals surface area (Å²) in [5.41, 5.74) is 4.52. The lowest BCUT2D eigenvalue weighted by Crippen LogP contribution is -2.22. The van der Waals surface area contributed by atoms with Gasteiger partial charge in [-0.25, -0.2) is 0 Å². The summed E-state index contributed by atoms with van der Waals surface area (Å²) in [6, 6.07) is 14.0. The Hall–Kier alpha value is -1.83. The molecule has 10 heteroatoms. The lowest BCUT2D eigenvalue weighted by atomic mass is 10.1.